The van der Waals surface area contributed by atoms with Gasteiger partial charge in [0.2, 0.25) is 0 Å². The molecule has 2 fully saturated rings. The molecule has 0 aliphatic carbocycles. The van der Waals surface area contributed by atoms with Gasteiger partial charge >= 0.3 is 0 Å². The van der Waals surface area contributed by atoms with Crippen molar-refractivity contribution in [2.75, 3.05) is 26.3 Å². The van der Waals surface area contributed by atoms with Crippen molar-refractivity contribution < 1.29 is 13.2 Å². The van der Waals surface area contributed by atoms with Crippen LogP contribution in [0.3, 0.4) is 0 Å². The fourth-order valence-electron chi connectivity index (χ4n) is 2.72. The fourth-order valence-corrected chi connectivity index (χ4v) is 4.24. The van der Waals surface area contributed by atoms with E-state index in [1.807, 2.05) is 0 Å². The van der Waals surface area contributed by atoms with Crippen LogP contribution in [0.25, 0.3) is 0 Å². The fraction of sp³-hybridized carbons (Fsp3) is 0.727. The molecule has 18 heavy (non-hydrogen) atoms. The van der Waals surface area contributed by atoms with E-state index in [1.165, 1.54) is 6.33 Å². The summed E-state index contributed by atoms with van der Waals surface area (Å²) in [5, 5.41) is 0.140. The molecule has 0 N–H and O–H groups in total. The van der Waals surface area contributed by atoms with E-state index < -0.39 is 10.0 Å². The van der Waals surface area contributed by atoms with Gasteiger partial charge in [0.15, 0.2) is 5.03 Å². The van der Waals surface area contributed by atoms with Crippen molar-refractivity contribution in [2.24, 2.45) is 12.5 Å². The number of hydrogen-bond donors (Lipinski definition) is 0. The van der Waals surface area contributed by atoms with Gasteiger partial charge in [0, 0.05) is 38.4 Å². The summed E-state index contributed by atoms with van der Waals surface area (Å²) < 4.78 is 33.4. The van der Waals surface area contributed by atoms with Gasteiger partial charge in [0.05, 0.1) is 12.9 Å². The van der Waals surface area contributed by atoms with Crippen LogP contribution in [-0.4, -0.2) is 48.6 Å². The Labute approximate surface area is 107 Å². The maximum absolute atomic E-state index is 12.4. The van der Waals surface area contributed by atoms with Crippen LogP contribution in [0, 0.1) is 5.41 Å². The average molecular weight is 271 g/mol. The van der Waals surface area contributed by atoms with E-state index in [4.69, 9.17) is 4.74 Å². The highest BCUT2D eigenvalue weighted by Gasteiger charge is 2.45. The molecule has 0 amide bonds. The highest BCUT2D eigenvalue weighted by atomic mass is 32.2. The number of nitrogens with zero attached hydrogens (tertiary/aromatic N) is 3. The van der Waals surface area contributed by atoms with Gasteiger partial charge in [-0.15, -0.1) is 0 Å². The molecule has 0 saturated carbocycles. The number of sulfonamides is 1. The maximum Gasteiger partial charge on any atom is 0.262 e. The number of aromatic nitrogens is 2. The van der Waals surface area contributed by atoms with Crippen LogP contribution in [-0.2, 0) is 21.8 Å². The third kappa shape index (κ3) is 1.86. The summed E-state index contributed by atoms with van der Waals surface area (Å²) >= 11 is 0. The largest absolute Gasteiger partial charge is 0.381 e. The molecule has 0 radical (unpaired) electrons. The first-order valence-electron chi connectivity index (χ1n) is 6.08. The summed E-state index contributed by atoms with van der Waals surface area (Å²) in [4.78, 5) is 3.95. The molecule has 6 nitrogen and oxygen atoms in total. The van der Waals surface area contributed by atoms with Crippen molar-refractivity contribution in [3.63, 3.8) is 0 Å². The van der Waals surface area contributed by atoms with Crippen molar-refractivity contribution in [1.82, 2.24) is 13.9 Å². The summed E-state index contributed by atoms with van der Waals surface area (Å²) in [7, 11) is -1.67. The number of hydrogen-bond acceptors (Lipinski definition) is 4. The van der Waals surface area contributed by atoms with E-state index in [-0.39, 0.29) is 10.4 Å². The molecule has 1 aromatic rings. The van der Waals surface area contributed by atoms with Gasteiger partial charge in [-0.3, -0.25) is 0 Å². The molecule has 3 heterocycles. The van der Waals surface area contributed by atoms with E-state index in [1.54, 1.807) is 22.1 Å². The molecule has 1 spiro atoms. The Kier molecular flexibility index (Phi) is 2.72. The third-order valence-corrected chi connectivity index (χ3v) is 5.60. The molecule has 0 aromatic carbocycles. The first-order valence-corrected chi connectivity index (χ1v) is 7.52. The molecular formula is C11H17N3O3S. The molecule has 1 aromatic heterocycles. The van der Waals surface area contributed by atoms with Crippen LogP contribution < -0.4 is 0 Å². The molecule has 0 bridgehead atoms. The van der Waals surface area contributed by atoms with E-state index in [0.717, 1.165) is 19.4 Å². The topological polar surface area (TPSA) is 64.4 Å². The Balaban J connectivity index is 1.83. The predicted octanol–water partition coefficient (Wildman–Crippen LogP) is 0.221. The minimum absolute atomic E-state index is 0.0435. The Bertz CT molecular complexity index is 546. The lowest BCUT2D eigenvalue weighted by molar-refractivity contribution is 0.157. The van der Waals surface area contributed by atoms with Crippen LogP contribution in [0.5, 0.6) is 0 Å². The number of aryl methyl sites for hydroxylation is 1. The first-order chi connectivity index (χ1) is 8.52. The van der Waals surface area contributed by atoms with Crippen molar-refractivity contribution in [2.45, 2.75) is 17.9 Å². The van der Waals surface area contributed by atoms with Crippen molar-refractivity contribution in [3.8, 4) is 0 Å². The zero-order chi connectivity index (χ0) is 12.8. The molecule has 2 saturated heterocycles. The molecule has 7 heteroatoms. The zero-order valence-corrected chi connectivity index (χ0v) is 11.2. The summed E-state index contributed by atoms with van der Waals surface area (Å²) in [6.45, 7) is 2.56. The summed E-state index contributed by atoms with van der Waals surface area (Å²) in [5.74, 6) is 0. The lowest BCUT2D eigenvalue weighted by atomic mass is 9.87. The van der Waals surface area contributed by atoms with Crippen LogP contribution in [0.15, 0.2) is 17.6 Å². The Morgan fingerprint density at radius 2 is 2.28 bits per heavy atom. The van der Waals surface area contributed by atoms with Gasteiger partial charge in [-0.05, 0) is 12.8 Å². The molecular weight excluding hydrogens is 254 g/mol. The van der Waals surface area contributed by atoms with Gasteiger partial charge in [-0.25, -0.2) is 13.4 Å². The Hall–Kier alpha value is -0.920. The SMILES string of the molecule is Cn1cnc(S(=O)(=O)N2CCC3(CCOC3)C2)c1. The smallest absolute Gasteiger partial charge is 0.262 e. The summed E-state index contributed by atoms with van der Waals surface area (Å²) in [6.07, 6.45) is 4.91. The summed E-state index contributed by atoms with van der Waals surface area (Å²) in [5.41, 5.74) is 0.0435. The second kappa shape index (κ2) is 4.04. The molecule has 3 rings (SSSR count). The second-order valence-corrected chi connectivity index (χ2v) is 7.15. The minimum atomic E-state index is -3.44. The number of ether oxygens (including phenoxy) is 1. The quantitative estimate of drug-likeness (QED) is 0.772. The highest BCUT2D eigenvalue weighted by Crippen LogP contribution is 2.39. The predicted molar refractivity (Wildman–Crippen MR) is 64.5 cm³/mol. The van der Waals surface area contributed by atoms with Crippen molar-refractivity contribution in [1.29, 1.82) is 0 Å². The number of rotatable bonds is 2. The standard InChI is InChI=1S/C11H17N3O3S/c1-13-6-10(12-9-13)18(15,16)14-4-2-11(7-14)3-5-17-8-11/h6,9H,2-5,7-8H2,1H3. The van der Waals surface area contributed by atoms with Crippen molar-refractivity contribution in [3.05, 3.63) is 12.5 Å². The van der Waals surface area contributed by atoms with Crippen LogP contribution in [0.2, 0.25) is 0 Å². The molecule has 1 atom stereocenters. The van der Waals surface area contributed by atoms with Gasteiger partial charge < -0.3 is 9.30 Å². The highest BCUT2D eigenvalue weighted by molar-refractivity contribution is 7.89. The number of imidazole rings is 1. The Morgan fingerprint density at radius 1 is 1.44 bits per heavy atom. The van der Waals surface area contributed by atoms with Gasteiger partial charge in [-0.2, -0.15) is 4.31 Å². The monoisotopic (exact) mass is 271 g/mol. The lowest BCUT2D eigenvalue weighted by Crippen LogP contribution is -2.32. The minimum Gasteiger partial charge on any atom is -0.381 e. The summed E-state index contributed by atoms with van der Waals surface area (Å²) in [6, 6.07) is 0. The first kappa shape index (κ1) is 12.1. The maximum atomic E-state index is 12.4. The van der Waals surface area contributed by atoms with Gasteiger partial charge in [-0.1, -0.05) is 0 Å². The normalized spacial score (nSPS) is 29.4. The molecule has 2 aliphatic heterocycles. The molecule has 1 unspecified atom stereocenters. The average Bonchev–Trinajstić information content (AvgIpc) is 3.02. The lowest BCUT2D eigenvalue weighted by Gasteiger charge is -2.21. The van der Waals surface area contributed by atoms with Gasteiger partial charge in [0.1, 0.15) is 0 Å². The van der Waals surface area contributed by atoms with Gasteiger partial charge in [0.25, 0.3) is 10.0 Å². The molecule has 100 valence electrons. The van der Waals surface area contributed by atoms with Crippen LogP contribution in [0.1, 0.15) is 12.8 Å². The van der Waals surface area contributed by atoms with E-state index in [9.17, 15) is 8.42 Å². The van der Waals surface area contributed by atoms with E-state index in [0.29, 0.717) is 19.7 Å². The molecule has 2 aliphatic rings. The van der Waals surface area contributed by atoms with Crippen LogP contribution >= 0.6 is 0 Å². The zero-order valence-electron chi connectivity index (χ0n) is 10.4. The van der Waals surface area contributed by atoms with Crippen LogP contribution in [0.4, 0.5) is 0 Å². The van der Waals surface area contributed by atoms with E-state index in [2.05, 4.69) is 4.98 Å². The Morgan fingerprint density at radius 3 is 2.89 bits per heavy atom. The second-order valence-electron chi connectivity index (χ2n) is 5.27. The van der Waals surface area contributed by atoms with E-state index >= 15 is 0 Å². The van der Waals surface area contributed by atoms with Crippen molar-refractivity contribution >= 4 is 10.0 Å². The third-order valence-electron chi connectivity index (χ3n) is 3.87.